The van der Waals surface area contributed by atoms with Crippen molar-refractivity contribution in [3.63, 3.8) is 0 Å². The van der Waals surface area contributed by atoms with Gasteiger partial charge in [0.1, 0.15) is 0 Å². The van der Waals surface area contributed by atoms with Gasteiger partial charge in [-0.2, -0.15) is 24.4 Å². The van der Waals surface area contributed by atoms with Crippen molar-refractivity contribution in [3.8, 4) is 11.1 Å². The molecule has 32 heavy (non-hydrogen) atoms. The van der Waals surface area contributed by atoms with Crippen molar-refractivity contribution in [3.05, 3.63) is 54.1 Å². The Morgan fingerprint density at radius 1 is 1.28 bits per heavy atom. The van der Waals surface area contributed by atoms with E-state index in [1.807, 2.05) is 55.8 Å². The number of carboxylic acid groups (broad SMARTS) is 1. The molecule has 4 N–H and O–H groups in total. The Morgan fingerprint density at radius 3 is 2.53 bits per heavy atom. The van der Waals surface area contributed by atoms with Gasteiger partial charge in [-0.15, -0.1) is 12.4 Å². The summed E-state index contributed by atoms with van der Waals surface area (Å²) < 4.78 is 0. The van der Waals surface area contributed by atoms with Crippen LogP contribution in [0.4, 0.5) is 5.69 Å². The normalized spacial score (nSPS) is 19.6. The zero-order valence-corrected chi connectivity index (χ0v) is 20.7. The number of Topliss-reactive ketones (excluding diaryl/α,β-unsaturated/α-hetero) is 1. The molecule has 1 aliphatic rings. The lowest BCUT2D eigenvalue weighted by atomic mass is 9.84. The van der Waals surface area contributed by atoms with E-state index in [2.05, 4.69) is 22.8 Å². The Morgan fingerprint density at radius 2 is 1.97 bits per heavy atom. The number of ketones is 1. The van der Waals surface area contributed by atoms with Crippen molar-refractivity contribution >= 4 is 54.2 Å². The number of benzene rings is 2. The standard InChI is InChI=1S/C23H29N3O3S2.ClH/c1-26(20-13-17(30)14-25-20)16-8-9-18(19(12-16)15-6-4-3-5-7-15)21(27)23(24,22(28)29)10-11-31-2;/h3-9,12,17,20,25,30H,10-11,13-14,24H2,1-2H3,(H,28,29);1H/t17-,20-,23?;/m0./s1. The molecule has 0 aliphatic carbocycles. The van der Waals surface area contributed by atoms with Crippen LogP contribution in [0.5, 0.6) is 0 Å². The van der Waals surface area contributed by atoms with Crippen LogP contribution in [0.3, 0.4) is 0 Å². The second kappa shape index (κ2) is 11.4. The maximum Gasteiger partial charge on any atom is 0.331 e. The smallest absolute Gasteiger partial charge is 0.331 e. The molecule has 6 nitrogen and oxygen atoms in total. The number of hydrogen-bond donors (Lipinski definition) is 4. The Hall–Kier alpha value is -1.71. The van der Waals surface area contributed by atoms with Crippen molar-refractivity contribution < 1.29 is 14.7 Å². The number of nitrogens with zero attached hydrogens (tertiary/aromatic N) is 1. The third-order valence-electron chi connectivity index (χ3n) is 5.78. The number of aliphatic carboxylic acids is 1. The van der Waals surface area contributed by atoms with Crippen LogP contribution in [-0.4, -0.2) is 59.4 Å². The summed E-state index contributed by atoms with van der Waals surface area (Å²) in [7, 11) is 2.00. The first-order valence-electron chi connectivity index (χ1n) is 10.2. The molecular weight excluding hydrogens is 466 g/mol. The molecule has 1 fully saturated rings. The largest absolute Gasteiger partial charge is 0.480 e. The molecule has 0 aromatic heterocycles. The summed E-state index contributed by atoms with van der Waals surface area (Å²) in [4.78, 5) is 27.6. The number of hydrogen-bond acceptors (Lipinski definition) is 7. The van der Waals surface area contributed by atoms with Crippen LogP contribution in [-0.2, 0) is 4.79 Å². The third kappa shape index (κ3) is 5.61. The van der Waals surface area contributed by atoms with E-state index in [4.69, 9.17) is 5.73 Å². The molecule has 0 saturated carbocycles. The van der Waals surface area contributed by atoms with Crippen molar-refractivity contribution in [2.75, 3.05) is 30.5 Å². The molecule has 3 atom stereocenters. The number of anilines is 1. The minimum absolute atomic E-state index is 0. The van der Waals surface area contributed by atoms with Gasteiger partial charge >= 0.3 is 5.97 Å². The molecule has 0 radical (unpaired) electrons. The number of nitrogens with two attached hydrogens (primary N) is 1. The van der Waals surface area contributed by atoms with Gasteiger partial charge < -0.3 is 15.7 Å². The summed E-state index contributed by atoms with van der Waals surface area (Å²) in [6.07, 6.45) is 2.97. The van der Waals surface area contributed by atoms with E-state index in [1.54, 1.807) is 6.07 Å². The Balaban J connectivity index is 0.00000363. The molecular formula is C23H30ClN3O3S2. The molecule has 1 aliphatic heterocycles. The molecule has 2 aromatic carbocycles. The summed E-state index contributed by atoms with van der Waals surface area (Å²) in [5.74, 6) is -1.40. The van der Waals surface area contributed by atoms with Gasteiger partial charge in [0, 0.05) is 30.1 Å². The fourth-order valence-corrected chi connectivity index (χ4v) is 4.63. The zero-order valence-electron chi connectivity index (χ0n) is 18.2. The van der Waals surface area contributed by atoms with Gasteiger partial charge in [-0.1, -0.05) is 30.3 Å². The van der Waals surface area contributed by atoms with Crippen LogP contribution in [0.25, 0.3) is 11.1 Å². The third-order valence-corrected chi connectivity index (χ3v) is 6.78. The fourth-order valence-electron chi connectivity index (χ4n) is 3.80. The van der Waals surface area contributed by atoms with E-state index in [1.165, 1.54) is 11.8 Å². The van der Waals surface area contributed by atoms with Crippen LogP contribution in [0.2, 0.25) is 0 Å². The Labute approximate surface area is 205 Å². The molecule has 9 heteroatoms. The number of carbonyl (C=O) groups excluding carboxylic acids is 1. The van der Waals surface area contributed by atoms with Crippen molar-refractivity contribution in [2.24, 2.45) is 5.73 Å². The van der Waals surface area contributed by atoms with Crippen molar-refractivity contribution in [1.29, 1.82) is 0 Å². The van der Waals surface area contributed by atoms with Crippen LogP contribution in [0.15, 0.2) is 48.5 Å². The average molecular weight is 496 g/mol. The highest BCUT2D eigenvalue weighted by Gasteiger charge is 2.43. The summed E-state index contributed by atoms with van der Waals surface area (Å²) in [5.41, 5.74) is 6.97. The molecule has 0 bridgehead atoms. The van der Waals surface area contributed by atoms with Crippen LogP contribution >= 0.6 is 36.8 Å². The molecule has 1 heterocycles. The van der Waals surface area contributed by atoms with Crippen LogP contribution in [0, 0.1) is 0 Å². The van der Waals surface area contributed by atoms with Gasteiger partial charge in [-0.05, 0) is 54.2 Å². The molecule has 1 saturated heterocycles. The van der Waals surface area contributed by atoms with Gasteiger partial charge in [0.2, 0.25) is 0 Å². The quantitative estimate of drug-likeness (QED) is 0.240. The first-order valence-corrected chi connectivity index (χ1v) is 12.1. The van der Waals surface area contributed by atoms with Crippen LogP contribution in [0.1, 0.15) is 23.2 Å². The minimum Gasteiger partial charge on any atom is -0.480 e. The molecule has 0 spiro atoms. The lowest BCUT2D eigenvalue weighted by Gasteiger charge is -2.29. The van der Waals surface area contributed by atoms with E-state index in [0.29, 0.717) is 22.1 Å². The minimum atomic E-state index is -1.97. The first kappa shape index (κ1) is 26.5. The van der Waals surface area contributed by atoms with Gasteiger partial charge in [-0.25, -0.2) is 4.79 Å². The van der Waals surface area contributed by atoms with Crippen LogP contribution < -0.4 is 16.0 Å². The SMILES string of the molecule is CSCCC(N)(C(=O)O)C(=O)c1ccc(N(C)[C@H]2C[C@H](S)CN2)cc1-c1ccccc1.Cl. The fraction of sp³-hybridized carbons (Fsp3) is 0.391. The highest BCUT2D eigenvalue weighted by atomic mass is 35.5. The number of thioether (sulfide) groups is 1. The molecule has 0 amide bonds. The zero-order chi connectivity index (χ0) is 22.6. The summed E-state index contributed by atoms with van der Waals surface area (Å²) in [6, 6.07) is 15.0. The lowest BCUT2D eigenvalue weighted by molar-refractivity contribution is -0.141. The molecule has 2 aromatic rings. The number of carboxylic acids is 1. The molecule has 3 rings (SSSR count). The monoisotopic (exact) mass is 495 g/mol. The van der Waals surface area contributed by atoms with Gasteiger partial charge in [-0.3, -0.25) is 10.1 Å². The predicted molar refractivity (Wildman–Crippen MR) is 139 cm³/mol. The average Bonchev–Trinajstić information content (AvgIpc) is 3.22. The molecule has 174 valence electrons. The van der Waals surface area contributed by atoms with E-state index in [0.717, 1.165) is 24.2 Å². The predicted octanol–water partition coefficient (Wildman–Crippen LogP) is 3.55. The number of thiol groups is 1. The number of carbonyl (C=O) groups is 2. The van der Waals surface area contributed by atoms with E-state index in [9.17, 15) is 14.7 Å². The lowest BCUT2D eigenvalue weighted by Crippen LogP contribution is -2.55. The van der Waals surface area contributed by atoms with E-state index < -0.39 is 17.3 Å². The van der Waals surface area contributed by atoms with Crippen molar-refractivity contribution in [2.45, 2.75) is 29.8 Å². The number of nitrogens with one attached hydrogen (secondary N) is 1. The Bertz CT molecular complexity index is 947. The topological polar surface area (TPSA) is 95.7 Å². The van der Waals surface area contributed by atoms with Crippen molar-refractivity contribution in [1.82, 2.24) is 5.32 Å². The van der Waals surface area contributed by atoms with E-state index in [-0.39, 0.29) is 25.0 Å². The van der Waals surface area contributed by atoms with Gasteiger partial charge in [0.15, 0.2) is 11.3 Å². The first-order chi connectivity index (χ1) is 14.8. The highest BCUT2D eigenvalue weighted by molar-refractivity contribution is 7.98. The second-order valence-corrected chi connectivity index (χ2v) is 9.58. The summed E-state index contributed by atoms with van der Waals surface area (Å²) in [6.45, 7) is 0.837. The van der Waals surface area contributed by atoms with Gasteiger partial charge in [0.25, 0.3) is 0 Å². The second-order valence-electron chi connectivity index (χ2n) is 7.87. The highest BCUT2D eigenvalue weighted by Crippen LogP contribution is 2.32. The van der Waals surface area contributed by atoms with Gasteiger partial charge in [0.05, 0.1) is 6.17 Å². The number of rotatable bonds is 9. The molecule has 1 unspecified atom stereocenters. The maximum atomic E-state index is 13.4. The van der Waals surface area contributed by atoms with E-state index >= 15 is 0 Å². The summed E-state index contributed by atoms with van der Waals surface area (Å²) in [5, 5.41) is 13.5. The Kier molecular flexibility index (Phi) is 9.48. The maximum absolute atomic E-state index is 13.4. The summed E-state index contributed by atoms with van der Waals surface area (Å²) >= 11 is 6.02. The number of halogens is 1.